The Kier molecular flexibility index (Phi) is 8.96. The molecule has 0 aliphatic heterocycles. The summed E-state index contributed by atoms with van der Waals surface area (Å²) in [6, 6.07) is 19.4. The van der Waals surface area contributed by atoms with Crippen molar-refractivity contribution in [2.75, 3.05) is 12.4 Å². The number of carboxylic acid groups (broad SMARTS) is 1. The molecule has 204 valence electrons. The zero-order valence-corrected chi connectivity index (χ0v) is 22.7. The number of pyridine rings is 1. The Balaban J connectivity index is 1.48. The Morgan fingerprint density at radius 2 is 1.67 bits per heavy atom. The Morgan fingerprint density at radius 1 is 1.00 bits per heavy atom. The summed E-state index contributed by atoms with van der Waals surface area (Å²) in [5, 5.41) is 14.5. The minimum atomic E-state index is -1.06. The minimum absolute atomic E-state index is 0.0313. The molecule has 0 spiro atoms. The molecule has 1 unspecified atom stereocenters. The fourth-order valence-corrected chi connectivity index (χ4v) is 5.27. The van der Waals surface area contributed by atoms with Crippen molar-refractivity contribution in [2.24, 2.45) is 5.92 Å². The second-order valence-electron chi connectivity index (χ2n) is 10.3. The van der Waals surface area contributed by atoms with Crippen molar-refractivity contribution in [1.82, 2.24) is 15.2 Å². The second-order valence-corrected chi connectivity index (χ2v) is 10.3. The van der Waals surface area contributed by atoms with Crippen molar-refractivity contribution >= 4 is 23.6 Å². The number of nitrogens with zero attached hydrogens (tertiary/aromatic N) is 2. The van der Waals surface area contributed by atoms with E-state index in [1.54, 1.807) is 20.0 Å². The zero-order chi connectivity index (χ0) is 27.9. The number of hydrogen-bond acceptors (Lipinski definition) is 4. The van der Waals surface area contributed by atoms with Crippen LogP contribution >= 0.6 is 0 Å². The normalized spacial score (nSPS) is 17.6. The molecule has 1 aliphatic carbocycles. The summed E-state index contributed by atoms with van der Waals surface area (Å²) in [6.07, 6.45) is 4.77. The molecule has 8 heteroatoms. The lowest BCUT2D eigenvalue weighted by atomic mass is 9.83. The Hall–Kier alpha value is -4.20. The zero-order valence-electron chi connectivity index (χ0n) is 22.7. The third-order valence-corrected chi connectivity index (χ3v) is 7.62. The van der Waals surface area contributed by atoms with Crippen molar-refractivity contribution in [1.29, 1.82) is 0 Å². The summed E-state index contributed by atoms with van der Waals surface area (Å²) in [5.41, 5.74) is 5.04. The molecule has 1 aromatic heterocycles. The van der Waals surface area contributed by atoms with Gasteiger partial charge in [0.15, 0.2) is 0 Å². The van der Waals surface area contributed by atoms with Crippen LogP contribution in [0, 0.1) is 5.92 Å². The number of amides is 3. The fraction of sp³-hybridized carbons (Fsp3) is 0.355. The van der Waals surface area contributed by atoms with Gasteiger partial charge in [-0.15, -0.1) is 0 Å². The molecular weight excluding hydrogens is 492 g/mol. The molecule has 1 saturated carbocycles. The molecule has 3 amide bonds. The van der Waals surface area contributed by atoms with Crippen LogP contribution < -0.4 is 10.6 Å². The smallest absolute Gasteiger partial charge is 0.405 e. The number of nitrogens with one attached hydrogen (secondary N) is 2. The van der Waals surface area contributed by atoms with Gasteiger partial charge in [0, 0.05) is 37.6 Å². The molecule has 0 bridgehead atoms. The van der Waals surface area contributed by atoms with Crippen LogP contribution in [0.15, 0.2) is 66.9 Å². The van der Waals surface area contributed by atoms with Crippen LogP contribution in [0.1, 0.15) is 57.6 Å². The summed E-state index contributed by atoms with van der Waals surface area (Å²) in [6.45, 7) is 3.39. The molecule has 1 fully saturated rings. The van der Waals surface area contributed by atoms with E-state index < -0.39 is 6.09 Å². The van der Waals surface area contributed by atoms with Gasteiger partial charge in [-0.05, 0) is 55.7 Å². The largest absolute Gasteiger partial charge is 0.465 e. The molecule has 3 aromatic rings. The topological polar surface area (TPSA) is 112 Å². The Labute approximate surface area is 229 Å². The Morgan fingerprint density at radius 3 is 2.28 bits per heavy atom. The van der Waals surface area contributed by atoms with Crippen molar-refractivity contribution in [3.8, 4) is 22.4 Å². The maximum absolute atomic E-state index is 12.9. The highest BCUT2D eigenvalue weighted by Crippen LogP contribution is 2.34. The molecule has 4 rings (SSSR count). The third-order valence-electron chi connectivity index (χ3n) is 7.62. The minimum Gasteiger partial charge on any atom is -0.465 e. The maximum Gasteiger partial charge on any atom is 0.405 e. The second kappa shape index (κ2) is 12.6. The van der Waals surface area contributed by atoms with Crippen LogP contribution in [0.25, 0.3) is 22.4 Å². The summed E-state index contributed by atoms with van der Waals surface area (Å²) < 4.78 is 0. The number of rotatable bonds is 8. The molecule has 0 radical (unpaired) electrons. The van der Waals surface area contributed by atoms with E-state index >= 15 is 0 Å². The SMILES string of the molecule is CC(=O)N(C)C1CCC(CC(=O)Nc2cnc(-c3ccc(C(C)NC(=O)O)cc3)c(-c3ccccc3)c2)CC1. The summed E-state index contributed by atoms with van der Waals surface area (Å²) in [7, 11) is 1.85. The van der Waals surface area contributed by atoms with Gasteiger partial charge in [-0.25, -0.2) is 4.79 Å². The summed E-state index contributed by atoms with van der Waals surface area (Å²) in [5.74, 6) is 0.359. The highest BCUT2D eigenvalue weighted by atomic mass is 16.4. The van der Waals surface area contributed by atoms with Crippen LogP contribution in [-0.4, -0.2) is 46.0 Å². The van der Waals surface area contributed by atoms with E-state index in [9.17, 15) is 14.4 Å². The van der Waals surface area contributed by atoms with Crippen molar-refractivity contribution in [3.63, 3.8) is 0 Å². The number of carbonyl (C=O) groups is 3. The number of hydrogen-bond donors (Lipinski definition) is 3. The van der Waals surface area contributed by atoms with Gasteiger partial charge in [-0.3, -0.25) is 14.6 Å². The molecule has 1 aliphatic rings. The molecule has 0 saturated heterocycles. The molecule has 1 atom stereocenters. The average molecular weight is 529 g/mol. The Bertz CT molecular complexity index is 1300. The predicted octanol–water partition coefficient (Wildman–Crippen LogP) is 6.11. The van der Waals surface area contributed by atoms with E-state index in [4.69, 9.17) is 10.1 Å². The van der Waals surface area contributed by atoms with Gasteiger partial charge in [0.25, 0.3) is 0 Å². The first-order chi connectivity index (χ1) is 18.7. The molecule has 1 heterocycles. The average Bonchev–Trinajstić information content (AvgIpc) is 2.93. The highest BCUT2D eigenvalue weighted by molar-refractivity contribution is 5.93. The van der Waals surface area contributed by atoms with Gasteiger partial charge in [0.05, 0.1) is 23.6 Å². The standard InChI is InChI=1S/C31H36N4O4/c1-20(33-31(38)39)23-11-13-25(14-12-23)30-28(24-7-5-4-6-8-24)18-26(19-32-30)34-29(37)17-22-9-15-27(16-10-22)35(3)21(2)36/h4-8,11-14,18-20,22,27,33H,9-10,15-17H2,1-3H3,(H,34,37)(H,38,39). The molecule has 39 heavy (non-hydrogen) atoms. The lowest BCUT2D eigenvalue weighted by molar-refractivity contribution is -0.130. The lowest BCUT2D eigenvalue weighted by Crippen LogP contribution is -2.38. The van der Waals surface area contributed by atoms with Gasteiger partial charge < -0.3 is 20.6 Å². The first-order valence-electron chi connectivity index (χ1n) is 13.4. The third kappa shape index (κ3) is 7.22. The van der Waals surface area contributed by atoms with Crippen LogP contribution in [0.4, 0.5) is 10.5 Å². The van der Waals surface area contributed by atoms with E-state index in [0.29, 0.717) is 18.0 Å². The molecule has 2 aromatic carbocycles. The van der Waals surface area contributed by atoms with E-state index in [-0.39, 0.29) is 23.9 Å². The molecule has 8 nitrogen and oxygen atoms in total. The lowest BCUT2D eigenvalue weighted by Gasteiger charge is -2.34. The number of aromatic nitrogens is 1. The van der Waals surface area contributed by atoms with Crippen LogP contribution in [0.3, 0.4) is 0 Å². The van der Waals surface area contributed by atoms with Gasteiger partial charge >= 0.3 is 6.09 Å². The number of carbonyl (C=O) groups excluding carboxylic acids is 2. The first kappa shape index (κ1) is 27.8. The van der Waals surface area contributed by atoms with Crippen molar-refractivity contribution in [2.45, 2.75) is 58.0 Å². The monoisotopic (exact) mass is 528 g/mol. The summed E-state index contributed by atoms with van der Waals surface area (Å²) in [4.78, 5) is 42.1. The number of anilines is 1. The highest BCUT2D eigenvalue weighted by Gasteiger charge is 2.26. The molecule has 3 N–H and O–H groups in total. The van der Waals surface area contributed by atoms with Gasteiger partial charge in [-0.2, -0.15) is 0 Å². The van der Waals surface area contributed by atoms with Gasteiger partial charge in [0.2, 0.25) is 11.8 Å². The quantitative estimate of drug-likeness (QED) is 0.327. The van der Waals surface area contributed by atoms with E-state index in [2.05, 4.69) is 10.6 Å². The van der Waals surface area contributed by atoms with E-state index in [0.717, 1.165) is 53.6 Å². The molecular formula is C31H36N4O4. The van der Waals surface area contributed by atoms with Gasteiger partial charge in [0.1, 0.15) is 0 Å². The number of benzene rings is 2. The predicted molar refractivity (Wildman–Crippen MR) is 152 cm³/mol. The first-order valence-corrected chi connectivity index (χ1v) is 13.4. The van der Waals surface area contributed by atoms with Gasteiger partial charge in [-0.1, -0.05) is 54.6 Å². The maximum atomic E-state index is 12.9. The fourth-order valence-electron chi connectivity index (χ4n) is 5.27. The van der Waals surface area contributed by atoms with Crippen LogP contribution in [0.5, 0.6) is 0 Å². The van der Waals surface area contributed by atoms with Crippen molar-refractivity contribution in [3.05, 3.63) is 72.4 Å². The van der Waals surface area contributed by atoms with Crippen LogP contribution in [-0.2, 0) is 9.59 Å². The van der Waals surface area contributed by atoms with E-state index in [1.807, 2.05) is 72.6 Å². The van der Waals surface area contributed by atoms with Crippen molar-refractivity contribution < 1.29 is 19.5 Å². The van der Waals surface area contributed by atoms with E-state index in [1.165, 1.54) is 0 Å². The van der Waals surface area contributed by atoms with Crippen LogP contribution in [0.2, 0.25) is 0 Å². The summed E-state index contributed by atoms with van der Waals surface area (Å²) >= 11 is 0.